The van der Waals surface area contributed by atoms with Crippen molar-refractivity contribution in [3.8, 4) is 0 Å². The van der Waals surface area contributed by atoms with Crippen LogP contribution in [0.15, 0.2) is 6.20 Å². The molecule has 0 atom stereocenters. The topological polar surface area (TPSA) is 55.9 Å². The number of aromatic nitrogens is 2. The molecule has 3 N–H and O–H groups in total. The van der Waals surface area contributed by atoms with Crippen LogP contribution in [0.2, 0.25) is 0 Å². The zero-order valence-corrected chi connectivity index (χ0v) is 7.27. The van der Waals surface area contributed by atoms with Crippen molar-refractivity contribution in [1.82, 2.24) is 9.78 Å². The summed E-state index contributed by atoms with van der Waals surface area (Å²) in [6.45, 7) is 1.89. The Morgan fingerprint density at radius 1 is 1.82 bits per heavy atom. The smallest absolute Gasteiger partial charge is 0.168 e. The molecule has 0 bridgehead atoms. The molecule has 0 saturated carbocycles. The Hall–Kier alpha value is -1.10. The van der Waals surface area contributed by atoms with Crippen molar-refractivity contribution in [1.29, 1.82) is 0 Å². The van der Waals surface area contributed by atoms with E-state index in [1.165, 1.54) is 0 Å². The minimum absolute atomic E-state index is 0.265. The lowest BCUT2D eigenvalue weighted by Crippen LogP contribution is -2.18. The maximum absolute atomic E-state index is 5.29. The van der Waals surface area contributed by atoms with Gasteiger partial charge < -0.3 is 11.1 Å². The lowest BCUT2D eigenvalue weighted by atomic mass is 10.4. The van der Waals surface area contributed by atoms with Gasteiger partial charge in [0.25, 0.3) is 0 Å². The third kappa shape index (κ3) is 1.91. The first-order valence-corrected chi connectivity index (χ1v) is 3.57. The maximum atomic E-state index is 5.29. The summed E-state index contributed by atoms with van der Waals surface area (Å²) in [6.07, 6.45) is 1.83. The normalized spacial score (nSPS) is 9.64. The molecule has 0 aliphatic carbocycles. The molecule has 0 amide bonds. The first-order chi connectivity index (χ1) is 5.09. The van der Waals surface area contributed by atoms with E-state index in [0.717, 1.165) is 11.4 Å². The number of thiocarbonyl (C=S) groups is 1. The van der Waals surface area contributed by atoms with Crippen LogP contribution in [-0.2, 0) is 7.05 Å². The number of aryl methyl sites for hydroxylation is 2. The molecule has 0 radical (unpaired) electrons. The van der Waals surface area contributed by atoms with Gasteiger partial charge in [-0.2, -0.15) is 5.10 Å². The highest BCUT2D eigenvalue weighted by atomic mass is 32.1. The second kappa shape index (κ2) is 2.87. The first kappa shape index (κ1) is 8.00. The van der Waals surface area contributed by atoms with Crippen molar-refractivity contribution in [2.75, 3.05) is 5.32 Å². The van der Waals surface area contributed by atoms with E-state index < -0.39 is 0 Å². The average Bonchev–Trinajstić information content (AvgIpc) is 2.09. The van der Waals surface area contributed by atoms with Crippen LogP contribution in [0.25, 0.3) is 0 Å². The van der Waals surface area contributed by atoms with E-state index in [-0.39, 0.29) is 5.11 Å². The molecule has 11 heavy (non-hydrogen) atoms. The summed E-state index contributed by atoms with van der Waals surface area (Å²) in [5.41, 5.74) is 7.04. The van der Waals surface area contributed by atoms with Gasteiger partial charge in [0, 0.05) is 13.2 Å². The van der Waals surface area contributed by atoms with E-state index in [1.54, 1.807) is 4.68 Å². The zero-order valence-electron chi connectivity index (χ0n) is 6.46. The third-order valence-electron chi connectivity index (χ3n) is 1.27. The van der Waals surface area contributed by atoms with Gasteiger partial charge in [0.15, 0.2) is 5.11 Å². The quantitative estimate of drug-likeness (QED) is 0.598. The average molecular weight is 170 g/mol. The first-order valence-electron chi connectivity index (χ1n) is 3.16. The van der Waals surface area contributed by atoms with E-state index in [9.17, 15) is 0 Å². The minimum Gasteiger partial charge on any atom is -0.376 e. The van der Waals surface area contributed by atoms with Gasteiger partial charge in [-0.15, -0.1) is 0 Å². The van der Waals surface area contributed by atoms with Gasteiger partial charge >= 0.3 is 0 Å². The van der Waals surface area contributed by atoms with Gasteiger partial charge in [-0.25, -0.2) is 0 Å². The largest absolute Gasteiger partial charge is 0.376 e. The lowest BCUT2D eigenvalue weighted by molar-refractivity contribution is 0.756. The Labute approximate surface area is 70.4 Å². The molecule has 0 unspecified atom stereocenters. The summed E-state index contributed by atoms with van der Waals surface area (Å²) in [7, 11) is 1.84. The van der Waals surface area contributed by atoms with Crippen LogP contribution in [0.5, 0.6) is 0 Å². The van der Waals surface area contributed by atoms with Gasteiger partial charge in [-0.05, 0) is 19.1 Å². The van der Waals surface area contributed by atoms with Crippen molar-refractivity contribution in [2.24, 2.45) is 12.8 Å². The maximum Gasteiger partial charge on any atom is 0.168 e. The summed E-state index contributed by atoms with van der Waals surface area (Å²) in [6, 6.07) is 0. The molecular formula is C6H10N4S. The minimum atomic E-state index is 0.265. The van der Waals surface area contributed by atoms with Crippen LogP contribution in [0.1, 0.15) is 5.69 Å². The number of nitrogens with one attached hydrogen (secondary N) is 1. The molecule has 0 aliphatic heterocycles. The molecule has 1 aromatic rings. The number of hydrogen-bond acceptors (Lipinski definition) is 2. The summed E-state index contributed by atoms with van der Waals surface area (Å²) < 4.78 is 1.70. The van der Waals surface area contributed by atoms with Gasteiger partial charge in [-0.3, -0.25) is 4.68 Å². The van der Waals surface area contributed by atoms with Crippen LogP contribution < -0.4 is 11.1 Å². The summed E-state index contributed by atoms with van der Waals surface area (Å²) in [5, 5.41) is 7.19. The van der Waals surface area contributed by atoms with Gasteiger partial charge in [0.1, 0.15) is 0 Å². The highest BCUT2D eigenvalue weighted by Gasteiger charge is 2.01. The number of nitrogens with two attached hydrogens (primary N) is 1. The Bertz CT molecular complexity index is 278. The molecule has 4 nitrogen and oxygen atoms in total. The van der Waals surface area contributed by atoms with Gasteiger partial charge in [0.05, 0.1) is 11.4 Å². The monoisotopic (exact) mass is 170 g/mol. The van der Waals surface area contributed by atoms with Crippen LogP contribution in [0, 0.1) is 6.92 Å². The molecule has 5 heteroatoms. The highest BCUT2D eigenvalue weighted by Crippen LogP contribution is 2.10. The van der Waals surface area contributed by atoms with Crippen LogP contribution in [-0.4, -0.2) is 14.9 Å². The Morgan fingerprint density at radius 3 is 2.82 bits per heavy atom. The molecule has 0 aromatic carbocycles. The Kier molecular flexibility index (Phi) is 2.09. The van der Waals surface area contributed by atoms with Gasteiger partial charge in [0.2, 0.25) is 0 Å². The molecule has 0 spiro atoms. The van der Waals surface area contributed by atoms with Crippen molar-refractivity contribution in [2.45, 2.75) is 6.92 Å². The van der Waals surface area contributed by atoms with Crippen molar-refractivity contribution in [3.63, 3.8) is 0 Å². The van der Waals surface area contributed by atoms with E-state index in [4.69, 9.17) is 5.73 Å². The SMILES string of the molecule is Cc1nn(C)cc1NC(N)=S. The van der Waals surface area contributed by atoms with Gasteiger partial charge in [-0.1, -0.05) is 0 Å². The van der Waals surface area contributed by atoms with Crippen molar-refractivity contribution < 1.29 is 0 Å². The standard InChI is InChI=1S/C6H10N4S/c1-4-5(8-6(7)11)3-10(2)9-4/h3H,1-2H3,(H3,7,8,11). The fourth-order valence-electron chi connectivity index (χ4n) is 0.855. The number of hydrogen-bond donors (Lipinski definition) is 2. The molecule has 0 saturated heterocycles. The number of anilines is 1. The lowest BCUT2D eigenvalue weighted by Gasteiger charge is -1.98. The second-order valence-electron chi connectivity index (χ2n) is 2.29. The molecule has 1 rings (SSSR count). The second-order valence-corrected chi connectivity index (χ2v) is 2.73. The summed E-state index contributed by atoms with van der Waals surface area (Å²) >= 11 is 4.68. The third-order valence-corrected chi connectivity index (χ3v) is 1.37. The Balaban J connectivity index is 2.85. The van der Waals surface area contributed by atoms with E-state index in [0.29, 0.717) is 0 Å². The van der Waals surface area contributed by atoms with E-state index in [2.05, 4.69) is 22.6 Å². The molecule has 60 valence electrons. The fraction of sp³-hybridized carbons (Fsp3) is 0.333. The zero-order chi connectivity index (χ0) is 8.43. The Morgan fingerprint density at radius 2 is 2.45 bits per heavy atom. The van der Waals surface area contributed by atoms with Crippen molar-refractivity contribution in [3.05, 3.63) is 11.9 Å². The molecule has 0 aliphatic rings. The summed E-state index contributed by atoms with van der Waals surface area (Å²) in [5.74, 6) is 0. The van der Waals surface area contributed by atoms with Crippen LogP contribution in [0.3, 0.4) is 0 Å². The fourth-order valence-corrected chi connectivity index (χ4v) is 0.965. The molecular weight excluding hydrogens is 160 g/mol. The van der Waals surface area contributed by atoms with E-state index >= 15 is 0 Å². The number of rotatable bonds is 1. The predicted molar refractivity (Wildman–Crippen MR) is 48.4 cm³/mol. The van der Waals surface area contributed by atoms with E-state index in [1.807, 2.05) is 20.2 Å². The molecule has 1 heterocycles. The predicted octanol–water partition coefficient (Wildman–Crippen LogP) is 0.384. The molecule has 1 aromatic heterocycles. The number of nitrogens with zero attached hydrogens (tertiary/aromatic N) is 2. The highest BCUT2D eigenvalue weighted by molar-refractivity contribution is 7.80. The summed E-state index contributed by atoms with van der Waals surface area (Å²) in [4.78, 5) is 0. The van der Waals surface area contributed by atoms with Crippen LogP contribution in [0.4, 0.5) is 5.69 Å². The van der Waals surface area contributed by atoms with Crippen LogP contribution >= 0.6 is 12.2 Å². The van der Waals surface area contributed by atoms with Crippen molar-refractivity contribution >= 4 is 23.0 Å². The molecule has 0 fully saturated rings.